The molecule has 0 aromatic carbocycles. The maximum Gasteiger partial charge on any atom is 0.126 e. The summed E-state index contributed by atoms with van der Waals surface area (Å²) in [6, 6.07) is 0. The van der Waals surface area contributed by atoms with E-state index in [1.165, 1.54) is 24.5 Å². The molecule has 0 aliphatic carbocycles. The van der Waals surface area contributed by atoms with Gasteiger partial charge in [-0.05, 0) is 23.7 Å². The van der Waals surface area contributed by atoms with Crippen LogP contribution >= 0.6 is 22.6 Å². The third kappa shape index (κ3) is 8.06. The van der Waals surface area contributed by atoms with Gasteiger partial charge in [0.05, 0.1) is 0 Å². The number of alkyl halides is 1. The largest absolute Gasteiger partial charge is 0.126 e. The van der Waals surface area contributed by atoms with Crippen molar-refractivity contribution < 1.29 is 0 Å². The SMILES string of the molecule is CC(BC(C)CC(C)C(C)CI)CC(C)C(C)C. The van der Waals surface area contributed by atoms with Crippen molar-refractivity contribution in [3.8, 4) is 0 Å². The number of hydrogen-bond donors (Lipinski definition) is 0. The van der Waals surface area contributed by atoms with Crippen molar-refractivity contribution in [3.63, 3.8) is 0 Å². The highest BCUT2D eigenvalue weighted by Crippen LogP contribution is 2.29. The highest BCUT2D eigenvalue weighted by Gasteiger charge is 2.19. The Morgan fingerprint density at radius 3 is 1.56 bits per heavy atom. The van der Waals surface area contributed by atoms with E-state index < -0.39 is 0 Å². The Bertz CT molecular complexity index is 205. The smallest absolute Gasteiger partial charge is 0.0861 e. The second kappa shape index (κ2) is 9.66. The summed E-state index contributed by atoms with van der Waals surface area (Å²) >= 11 is 2.52. The molecule has 5 unspecified atom stereocenters. The van der Waals surface area contributed by atoms with Crippen LogP contribution in [0.4, 0.5) is 0 Å². The lowest BCUT2D eigenvalue weighted by Crippen LogP contribution is -2.17. The van der Waals surface area contributed by atoms with E-state index in [-0.39, 0.29) is 0 Å². The van der Waals surface area contributed by atoms with Crippen LogP contribution in [0.3, 0.4) is 0 Å². The van der Waals surface area contributed by atoms with Crippen molar-refractivity contribution in [1.82, 2.24) is 0 Å². The van der Waals surface area contributed by atoms with E-state index in [2.05, 4.69) is 71.1 Å². The van der Waals surface area contributed by atoms with E-state index in [0.717, 1.165) is 35.3 Å². The van der Waals surface area contributed by atoms with Crippen molar-refractivity contribution in [2.75, 3.05) is 4.43 Å². The summed E-state index contributed by atoms with van der Waals surface area (Å²) in [6.45, 7) is 16.8. The molecule has 0 N–H and O–H groups in total. The van der Waals surface area contributed by atoms with Crippen LogP contribution < -0.4 is 0 Å². The summed E-state index contributed by atoms with van der Waals surface area (Å²) in [5.74, 6) is 5.24. The van der Waals surface area contributed by atoms with Gasteiger partial charge in [-0.3, -0.25) is 0 Å². The van der Waals surface area contributed by atoms with Crippen molar-refractivity contribution in [3.05, 3.63) is 0 Å². The summed E-state index contributed by atoms with van der Waals surface area (Å²) < 4.78 is 1.30. The van der Waals surface area contributed by atoms with Crippen LogP contribution in [0.25, 0.3) is 0 Å². The normalized spacial score (nSPS) is 20.3. The monoisotopic (exact) mass is 364 g/mol. The molecule has 18 heavy (non-hydrogen) atoms. The zero-order chi connectivity index (χ0) is 14.3. The van der Waals surface area contributed by atoms with E-state index in [0.29, 0.717) is 0 Å². The Morgan fingerprint density at radius 2 is 1.17 bits per heavy atom. The molecule has 0 aliphatic rings. The molecule has 2 heteroatoms. The van der Waals surface area contributed by atoms with Gasteiger partial charge in [-0.15, -0.1) is 0 Å². The fourth-order valence-corrected chi connectivity index (χ4v) is 3.67. The second-order valence-electron chi connectivity index (χ2n) is 7.25. The Labute approximate surface area is 130 Å². The minimum absolute atomic E-state index is 0.834. The molecule has 0 rings (SSSR count). The Hall–Kier alpha value is 0.795. The first-order valence-corrected chi connectivity index (χ1v) is 9.36. The van der Waals surface area contributed by atoms with Crippen molar-refractivity contribution in [2.45, 2.75) is 72.9 Å². The molecule has 5 atom stereocenters. The third-order valence-corrected chi connectivity index (χ3v) is 6.10. The Kier molecular flexibility index (Phi) is 10.1. The van der Waals surface area contributed by atoms with Gasteiger partial charge in [-0.2, -0.15) is 0 Å². The van der Waals surface area contributed by atoms with Crippen LogP contribution in [0.2, 0.25) is 11.6 Å². The van der Waals surface area contributed by atoms with Crippen LogP contribution in [0, 0.1) is 23.7 Å². The zero-order valence-corrected chi connectivity index (χ0v) is 15.8. The molecule has 0 aliphatic heterocycles. The first-order valence-electron chi connectivity index (χ1n) is 7.83. The first kappa shape index (κ1) is 18.8. The van der Waals surface area contributed by atoms with Gasteiger partial charge in [0.2, 0.25) is 0 Å². The van der Waals surface area contributed by atoms with Gasteiger partial charge < -0.3 is 0 Å². The van der Waals surface area contributed by atoms with Crippen LogP contribution in [0.5, 0.6) is 0 Å². The van der Waals surface area contributed by atoms with E-state index in [1.54, 1.807) is 0 Å². The average molecular weight is 364 g/mol. The van der Waals surface area contributed by atoms with Crippen molar-refractivity contribution in [2.24, 2.45) is 23.7 Å². The van der Waals surface area contributed by atoms with Crippen LogP contribution in [-0.4, -0.2) is 11.7 Å². The van der Waals surface area contributed by atoms with Gasteiger partial charge in [-0.1, -0.05) is 95.5 Å². The molecule has 0 aromatic rings. The maximum absolute atomic E-state index is 2.52. The number of hydrogen-bond acceptors (Lipinski definition) is 0. The number of halogens is 1. The predicted octanol–water partition coefficient (Wildman–Crippen LogP) is 5.82. The Balaban J connectivity index is 3.96. The first-order chi connectivity index (χ1) is 8.27. The van der Waals surface area contributed by atoms with Crippen molar-refractivity contribution >= 4 is 29.9 Å². The quantitative estimate of drug-likeness (QED) is 0.275. The van der Waals surface area contributed by atoms with E-state index in [1.807, 2.05) is 0 Å². The second-order valence-corrected chi connectivity index (χ2v) is 8.13. The average Bonchev–Trinajstić information content (AvgIpc) is 2.26. The molecular weight excluding hydrogens is 330 g/mol. The molecule has 108 valence electrons. The van der Waals surface area contributed by atoms with E-state index >= 15 is 0 Å². The van der Waals surface area contributed by atoms with Crippen LogP contribution in [0.15, 0.2) is 0 Å². The molecule has 0 nitrogen and oxygen atoms in total. The Morgan fingerprint density at radius 1 is 0.722 bits per heavy atom. The fraction of sp³-hybridized carbons (Fsp3) is 1.00. The lowest BCUT2D eigenvalue weighted by molar-refractivity contribution is 0.381. The summed E-state index contributed by atoms with van der Waals surface area (Å²) in [5, 5.41) is 0. The zero-order valence-electron chi connectivity index (χ0n) is 13.7. The van der Waals surface area contributed by atoms with Gasteiger partial charge in [-0.25, -0.2) is 0 Å². The van der Waals surface area contributed by atoms with Gasteiger partial charge in [0, 0.05) is 4.43 Å². The van der Waals surface area contributed by atoms with Gasteiger partial charge in [0.25, 0.3) is 0 Å². The maximum atomic E-state index is 2.52. The minimum Gasteiger partial charge on any atom is -0.0861 e. The molecule has 0 amide bonds. The molecule has 0 bridgehead atoms. The molecular formula is C16H34BI. The molecule has 0 heterocycles. The van der Waals surface area contributed by atoms with E-state index in [4.69, 9.17) is 0 Å². The van der Waals surface area contributed by atoms with Gasteiger partial charge in [0.1, 0.15) is 7.28 Å². The standard InChI is InChI=1S/C16H34BI/c1-11(2)12(3)8-15(6)17-16(7)9-13(4)14(5)10-18/h11-17H,8-10H2,1-7H3. The van der Waals surface area contributed by atoms with Gasteiger partial charge in [0.15, 0.2) is 0 Å². The fourth-order valence-electron chi connectivity index (χ4n) is 2.81. The summed E-state index contributed by atoms with van der Waals surface area (Å²) in [5.41, 5.74) is 0. The van der Waals surface area contributed by atoms with Crippen LogP contribution in [-0.2, 0) is 0 Å². The number of rotatable bonds is 9. The third-order valence-electron chi connectivity index (χ3n) is 4.71. The van der Waals surface area contributed by atoms with Crippen LogP contribution in [0.1, 0.15) is 61.3 Å². The molecule has 0 saturated heterocycles. The molecule has 0 radical (unpaired) electrons. The molecule has 0 spiro atoms. The summed E-state index contributed by atoms with van der Waals surface area (Å²) in [4.78, 5) is 0. The minimum atomic E-state index is 0.834. The molecule has 0 fully saturated rings. The topological polar surface area (TPSA) is 0 Å². The predicted molar refractivity (Wildman–Crippen MR) is 96.4 cm³/mol. The highest BCUT2D eigenvalue weighted by atomic mass is 127. The van der Waals surface area contributed by atoms with E-state index in [9.17, 15) is 0 Å². The summed E-state index contributed by atoms with van der Waals surface area (Å²) in [6.07, 6.45) is 2.81. The summed E-state index contributed by atoms with van der Waals surface area (Å²) in [7, 11) is 1.41. The lowest BCUT2D eigenvalue weighted by Gasteiger charge is -2.25. The highest BCUT2D eigenvalue weighted by molar-refractivity contribution is 14.1. The molecule has 0 aromatic heterocycles. The van der Waals surface area contributed by atoms with Gasteiger partial charge >= 0.3 is 0 Å². The molecule has 0 saturated carbocycles. The van der Waals surface area contributed by atoms with Crippen molar-refractivity contribution in [1.29, 1.82) is 0 Å². The lowest BCUT2D eigenvalue weighted by atomic mass is 9.52.